The highest BCUT2D eigenvalue weighted by Gasteiger charge is 2.12. The zero-order valence-corrected chi connectivity index (χ0v) is 19.2. The van der Waals surface area contributed by atoms with Crippen molar-refractivity contribution in [3.63, 3.8) is 0 Å². The number of ketones is 1. The first-order chi connectivity index (χ1) is 14.9. The number of nitrogens with zero attached hydrogens (tertiary/aromatic N) is 2. The Morgan fingerprint density at radius 1 is 1.10 bits per heavy atom. The van der Waals surface area contributed by atoms with Gasteiger partial charge in [0.15, 0.2) is 10.1 Å². The van der Waals surface area contributed by atoms with E-state index in [-0.39, 0.29) is 23.5 Å². The summed E-state index contributed by atoms with van der Waals surface area (Å²) in [5.41, 5.74) is 2.70. The van der Waals surface area contributed by atoms with Crippen LogP contribution in [0.5, 0.6) is 5.75 Å². The first-order valence-corrected chi connectivity index (χ1v) is 11.5. The first-order valence-electron chi connectivity index (χ1n) is 9.68. The molecule has 1 amide bonds. The van der Waals surface area contributed by atoms with Crippen LogP contribution >= 0.6 is 23.1 Å². The smallest absolute Gasteiger partial charge is 0.217 e. The number of hydrogen-bond acceptors (Lipinski definition) is 8. The van der Waals surface area contributed by atoms with E-state index in [9.17, 15) is 9.59 Å². The van der Waals surface area contributed by atoms with Gasteiger partial charge in [-0.3, -0.25) is 9.59 Å². The van der Waals surface area contributed by atoms with Gasteiger partial charge in [0.1, 0.15) is 5.75 Å². The van der Waals surface area contributed by atoms with Crippen molar-refractivity contribution >= 4 is 39.9 Å². The quantitative estimate of drug-likeness (QED) is 0.346. The molecule has 1 aromatic heterocycles. The largest absolute Gasteiger partial charge is 0.497 e. The molecule has 1 heterocycles. The van der Waals surface area contributed by atoms with E-state index in [2.05, 4.69) is 20.8 Å². The monoisotopic (exact) mass is 456 g/mol. The van der Waals surface area contributed by atoms with E-state index in [1.807, 2.05) is 43.3 Å². The highest BCUT2D eigenvalue weighted by Crippen LogP contribution is 2.27. The average Bonchev–Trinajstić information content (AvgIpc) is 3.24. The molecule has 3 aromatic rings. The number of aromatic nitrogens is 2. The van der Waals surface area contributed by atoms with Crippen LogP contribution in [-0.2, 0) is 11.3 Å². The average molecular weight is 457 g/mol. The SMILES string of the molecule is COc1ccc(CNc2nnc(SCC(=O)c3ccc(C(C)NC(C)=O)cc3)s2)cc1. The molecule has 0 radical (unpaired) electrons. The predicted octanol–water partition coefficient (Wildman–Crippen LogP) is 4.33. The van der Waals surface area contributed by atoms with Crippen molar-refractivity contribution in [2.45, 2.75) is 30.8 Å². The zero-order chi connectivity index (χ0) is 22.2. The van der Waals surface area contributed by atoms with E-state index in [4.69, 9.17) is 4.74 Å². The Bertz CT molecular complexity index is 1020. The highest BCUT2D eigenvalue weighted by molar-refractivity contribution is 8.01. The van der Waals surface area contributed by atoms with Gasteiger partial charge in [-0.15, -0.1) is 10.2 Å². The lowest BCUT2D eigenvalue weighted by molar-refractivity contribution is -0.119. The van der Waals surface area contributed by atoms with Crippen molar-refractivity contribution in [2.75, 3.05) is 18.2 Å². The second kappa shape index (κ2) is 10.9. The third kappa shape index (κ3) is 6.80. The van der Waals surface area contributed by atoms with Crippen LogP contribution in [0.25, 0.3) is 0 Å². The number of carbonyl (C=O) groups excluding carboxylic acids is 2. The van der Waals surface area contributed by atoms with Crippen LogP contribution in [-0.4, -0.2) is 34.8 Å². The number of nitrogens with one attached hydrogen (secondary N) is 2. The molecule has 9 heteroatoms. The Kier molecular flexibility index (Phi) is 8.02. The molecule has 0 saturated heterocycles. The number of hydrogen-bond donors (Lipinski definition) is 2. The minimum Gasteiger partial charge on any atom is -0.497 e. The van der Waals surface area contributed by atoms with Crippen LogP contribution in [0.1, 0.15) is 41.4 Å². The van der Waals surface area contributed by atoms with Crippen LogP contribution in [0.15, 0.2) is 52.9 Å². The predicted molar refractivity (Wildman–Crippen MR) is 124 cm³/mol. The molecule has 3 rings (SSSR count). The lowest BCUT2D eigenvalue weighted by atomic mass is 10.0. The van der Waals surface area contributed by atoms with Crippen molar-refractivity contribution in [3.05, 3.63) is 65.2 Å². The van der Waals surface area contributed by atoms with Crippen molar-refractivity contribution in [1.82, 2.24) is 15.5 Å². The van der Waals surface area contributed by atoms with E-state index in [0.29, 0.717) is 17.2 Å². The van der Waals surface area contributed by atoms with Crippen molar-refractivity contribution in [3.8, 4) is 5.75 Å². The maximum atomic E-state index is 12.5. The molecule has 0 spiro atoms. The molecule has 162 valence electrons. The van der Waals surface area contributed by atoms with Gasteiger partial charge < -0.3 is 15.4 Å². The summed E-state index contributed by atoms with van der Waals surface area (Å²) in [5, 5.41) is 15.1. The Labute approximate surface area is 189 Å². The van der Waals surface area contributed by atoms with Gasteiger partial charge in [-0.1, -0.05) is 59.5 Å². The number of benzene rings is 2. The summed E-state index contributed by atoms with van der Waals surface area (Å²) in [5.74, 6) is 1.04. The van der Waals surface area contributed by atoms with Crippen molar-refractivity contribution in [1.29, 1.82) is 0 Å². The summed E-state index contributed by atoms with van der Waals surface area (Å²) in [6.07, 6.45) is 0. The summed E-state index contributed by atoms with van der Waals surface area (Å²) in [6.45, 7) is 4.02. The summed E-state index contributed by atoms with van der Waals surface area (Å²) in [7, 11) is 1.64. The number of amides is 1. The van der Waals surface area contributed by atoms with Crippen molar-refractivity contribution < 1.29 is 14.3 Å². The van der Waals surface area contributed by atoms with Gasteiger partial charge in [0, 0.05) is 19.0 Å². The van der Waals surface area contributed by atoms with Gasteiger partial charge in [0.2, 0.25) is 11.0 Å². The normalized spacial score (nSPS) is 11.6. The van der Waals surface area contributed by atoms with Crippen molar-refractivity contribution in [2.24, 2.45) is 0 Å². The fourth-order valence-corrected chi connectivity index (χ4v) is 4.46. The van der Waals surface area contributed by atoms with Gasteiger partial charge in [0.05, 0.1) is 18.9 Å². The first kappa shape index (κ1) is 22.8. The second-order valence-corrected chi connectivity index (χ2v) is 9.03. The Morgan fingerprint density at radius 2 is 1.81 bits per heavy atom. The lowest BCUT2D eigenvalue weighted by Gasteiger charge is -2.13. The van der Waals surface area contributed by atoms with Gasteiger partial charge in [-0.2, -0.15) is 0 Å². The van der Waals surface area contributed by atoms with Crippen LogP contribution in [0.3, 0.4) is 0 Å². The Hall–Kier alpha value is -2.91. The molecule has 0 aliphatic carbocycles. The van der Waals surface area contributed by atoms with E-state index < -0.39 is 0 Å². The maximum Gasteiger partial charge on any atom is 0.217 e. The molecule has 0 fully saturated rings. The zero-order valence-electron chi connectivity index (χ0n) is 17.5. The van der Waals surface area contributed by atoms with Gasteiger partial charge in [0.25, 0.3) is 0 Å². The minimum atomic E-state index is -0.0961. The van der Waals surface area contributed by atoms with E-state index in [1.54, 1.807) is 19.2 Å². The number of thioether (sulfide) groups is 1. The molecular weight excluding hydrogens is 432 g/mol. The third-order valence-electron chi connectivity index (χ3n) is 4.49. The number of Topliss-reactive ketones (excluding diaryl/α,β-unsaturated/α-hetero) is 1. The van der Waals surface area contributed by atoms with Gasteiger partial charge in [-0.25, -0.2) is 0 Å². The number of methoxy groups -OCH3 is 1. The fourth-order valence-electron chi connectivity index (χ4n) is 2.82. The van der Waals surface area contributed by atoms with Gasteiger partial charge in [-0.05, 0) is 30.2 Å². The fraction of sp³-hybridized carbons (Fsp3) is 0.273. The maximum absolute atomic E-state index is 12.5. The minimum absolute atomic E-state index is 0.0201. The van der Waals surface area contributed by atoms with Gasteiger partial charge >= 0.3 is 0 Å². The Morgan fingerprint density at radius 3 is 2.45 bits per heavy atom. The summed E-state index contributed by atoms with van der Waals surface area (Å²) < 4.78 is 5.89. The number of carbonyl (C=O) groups is 2. The number of ether oxygens (including phenoxy) is 1. The summed E-state index contributed by atoms with van der Waals surface area (Å²) in [4.78, 5) is 23.7. The highest BCUT2D eigenvalue weighted by atomic mass is 32.2. The standard InChI is InChI=1S/C22H24N4O3S2/c1-14(24-15(2)27)17-6-8-18(9-7-17)20(28)13-30-22-26-25-21(31-22)23-12-16-4-10-19(29-3)11-5-16/h4-11,14H,12-13H2,1-3H3,(H,23,25)(H,24,27). The van der Waals surface area contributed by atoms with Crippen LogP contribution in [0, 0.1) is 0 Å². The molecule has 1 unspecified atom stereocenters. The molecular formula is C22H24N4O3S2. The Balaban J connectivity index is 1.48. The molecule has 0 aliphatic heterocycles. The van der Waals surface area contributed by atoms with E-state index in [0.717, 1.165) is 21.2 Å². The molecule has 2 N–H and O–H groups in total. The lowest BCUT2D eigenvalue weighted by Crippen LogP contribution is -2.23. The topological polar surface area (TPSA) is 93.2 Å². The summed E-state index contributed by atoms with van der Waals surface area (Å²) in [6, 6.07) is 15.0. The van der Waals surface area contributed by atoms with Crippen LogP contribution in [0.4, 0.5) is 5.13 Å². The van der Waals surface area contributed by atoms with Crippen LogP contribution in [0.2, 0.25) is 0 Å². The van der Waals surface area contributed by atoms with E-state index >= 15 is 0 Å². The molecule has 0 aliphatic rings. The van der Waals surface area contributed by atoms with Crippen LogP contribution < -0.4 is 15.4 Å². The second-order valence-electron chi connectivity index (χ2n) is 6.83. The summed E-state index contributed by atoms with van der Waals surface area (Å²) >= 11 is 2.79. The van der Waals surface area contributed by atoms with E-state index in [1.165, 1.54) is 30.0 Å². The molecule has 0 saturated carbocycles. The third-order valence-corrected chi connectivity index (χ3v) is 6.50. The molecule has 1 atom stereocenters. The molecule has 0 bridgehead atoms. The molecule has 31 heavy (non-hydrogen) atoms. The number of rotatable bonds is 10. The number of anilines is 1. The molecule has 2 aromatic carbocycles. The molecule has 7 nitrogen and oxygen atoms in total.